The van der Waals surface area contributed by atoms with Gasteiger partial charge in [-0.25, -0.2) is 0 Å². The topological polar surface area (TPSA) is 17.1 Å². The zero-order valence-electron chi connectivity index (χ0n) is 22.4. The van der Waals surface area contributed by atoms with Crippen molar-refractivity contribution in [3.05, 3.63) is 0 Å². The van der Waals surface area contributed by atoms with Gasteiger partial charge in [-0.15, -0.1) is 0 Å². The highest BCUT2D eigenvalue weighted by Crippen LogP contribution is 2.78. The zero-order chi connectivity index (χ0) is 23.2. The molecule has 5 saturated carbocycles. The summed E-state index contributed by atoms with van der Waals surface area (Å²) in [6.45, 7) is 18.5. The zero-order valence-corrected chi connectivity index (χ0v) is 22.4. The molecule has 1 nitrogen and oxygen atoms in total. The van der Waals surface area contributed by atoms with Crippen LogP contribution in [-0.4, -0.2) is 6.29 Å². The van der Waals surface area contributed by atoms with Gasteiger partial charge in [0.2, 0.25) is 0 Å². The molecule has 0 N–H and O–H groups in total. The molecule has 32 heavy (non-hydrogen) atoms. The Morgan fingerprint density at radius 3 is 2.00 bits per heavy atom. The van der Waals surface area contributed by atoms with E-state index in [9.17, 15) is 4.79 Å². The summed E-state index contributed by atoms with van der Waals surface area (Å²) in [4.78, 5) is 11.3. The van der Waals surface area contributed by atoms with Crippen LogP contribution in [0.1, 0.15) is 126 Å². The minimum atomic E-state index is 0.500. The second-order valence-corrected chi connectivity index (χ2v) is 15.2. The van der Waals surface area contributed by atoms with E-state index in [4.69, 9.17) is 0 Å². The van der Waals surface area contributed by atoms with Crippen molar-refractivity contribution in [2.45, 2.75) is 126 Å². The number of rotatable bonds is 3. The molecule has 0 aromatic carbocycles. The van der Waals surface area contributed by atoms with Gasteiger partial charge in [0, 0.05) is 6.42 Å². The summed E-state index contributed by atoms with van der Waals surface area (Å²) >= 11 is 0. The van der Waals surface area contributed by atoms with Gasteiger partial charge in [0.1, 0.15) is 6.29 Å². The monoisotopic (exact) mass is 440 g/mol. The highest BCUT2D eigenvalue weighted by molar-refractivity contribution is 5.49. The number of hydrogen-bond donors (Lipinski definition) is 0. The molecule has 0 aliphatic heterocycles. The third-order valence-electron chi connectivity index (χ3n) is 14.0. The molecule has 5 fully saturated rings. The minimum Gasteiger partial charge on any atom is -0.303 e. The third kappa shape index (κ3) is 2.84. The van der Waals surface area contributed by atoms with Crippen molar-refractivity contribution in [3.8, 4) is 0 Å². The van der Waals surface area contributed by atoms with Gasteiger partial charge in [0.25, 0.3) is 0 Å². The largest absolute Gasteiger partial charge is 0.303 e. The number of carbonyl (C=O) groups is 1. The number of aldehydes is 1. The molecule has 0 bridgehead atoms. The Hall–Kier alpha value is -0.330. The van der Waals surface area contributed by atoms with Crippen molar-refractivity contribution in [1.82, 2.24) is 0 Å². The average Bonchev–Trinajstić information content (AvgIpc) is 3.05. The fourth-order valence-electron chi connectivity index (χ4n) is 12.3. The first-order valence-corrected chi connectivity index (χ1v) is 14.4. The summed E-state index contributed by atoms with van der Waals surface area (Å²) in [7, 11) is 0. The van der Waals surface area contributed by atoms with E-state index in [2.05, 4.69) is 48.5 Å². The summed E-state index contributed by atoms with van der Waals surface area (Å²) in [6, 6.07) is 0. The highest BCUT2D eigenvalue weighted by atomic mass is 16.1. The highest BCUT2D eigenvalue weighted by Gasteiger charge is 2.70. The van der Waals surface area contributed by atoms with E-state index in [1.165, 1.54) is 76.9 Å². The Bertz CT molecular complexity index is 754. The van der Waals surface area contributed by atoms with Gasteiger partial charge >= 0.3 is 0 Å². The Morgan fingerprint density at radius 2 is 1.34 bits per heavy atom. The number of fused-ring (bicyclic) bond motifs is 7. The van der Waals surface area contributed by atoms with E-state index in [0.717, 1.165) is 36.0 Å². The Kier molecular flexibility index (Phi) is 5.37. The van der Waals surface area contributed by atoms with Gasteiger partial charge < -0.3 is 4.79 Å². The van der Waals surface area contributed by atoms with Gasteiger partial charge in [0.15, 0.2) is 0 Å². The average molecular weight is 441 g/mol. The quantitative estimate of drug-likeness (QED) is 0.401. The van der Waals surface area contributed by atoms with E-state index >= 15 is 0 Å². The molecule has 0 aromatic rings. The first kappa shape index (κ1) is 23.4. The van der Waals surface area contributed by atoms with Crippen molar-refractivity contribution < 1.29 is 4.79 Å². The summed E-state index contributed by atoms with van der Waals surface area (Å²) in [5.74, 6) is 4.95. The van der Waals surface area contributed by atoms with Crippen LogP contribution in [-0.2, 0) is 4.79 Å². The first-order valence-electron chi connectivity index (χ1n) is 14.4. The maximum absolute atomic E-state index is 11.3. The second-order valence-electron chi connectivity index (χ2n) is 15.2. The lowest BCUT2D eigenvalue weighted by atomic mass is 9.32. The molecule has 182 valence electrons. The SMILES string of the molecule is CC(CC=O)[C@H]1CC[C@]2(C)[C@H]3CC[C@@H]4[C@@]5(C)CCCC(C)(C)[C@@H]5CC[C@@]4(C)[C@]3(C)CC[C@@H]12. The molecule has 0 aromatic heterocycles. The van der Waals surface area contributed by atoms with Crippen LogP contribution in [0.2, 0.25) is 0 Å². The third-order valence-corrected chi connectivity index (χ3v) is 14.0. The van der Waals surface area contributed by atoms with Crippen molar-refractivity contribution in [3.63, 3.8) is 0 Å². The predicted molar refractivity (Wildman–Crippen MR) is 134 cm³/mol. The van der Waals surface area contributed by atoms with Crippen LogP contribution in [0, 0.1) is 62.6 Å². The molecule has 0 radical (unpaired) electrons. The number of carbonyl (C=O) groups excluding carboxylic acids is 1. The summed E-state index contributed by atoms with van der Waals surface area (Å²) < 4.78 is 0. The fraction of sp³-hybridized carbons (Fsp3) is 0.968. The Labute approximate surface area is 199 Å². The van der Waals surface area contributed by atoms with E-state index < -0.39 is 0 Å². The van der Waals surface area contributed by atoms with Crippen molar-refractivity contribution >= 4 is 6.29 Å². The predicted octanol–water partition coefficient (Wildman–Crippen LogP) is 8.70. The van der Waals surface area contributed by atoms with E-state index in [0.29, 0.717) is 33.0 Å². The molecule has 0 heterocycles. The first-order chi connectivity index (χ1) is 14.9. The molecular weight excluding hydrogens is 388 g/mol. The molecule has 1 heteroatoms. The lowest BCUT2D eigenvalue weighted by Crippen LogP contribution is -2.65. The summed E-state index contributed by atoms with van der Waals surface area (Å²) in [6.07, 6.45) is 17.9. The molecular formula is C31H52O. The van der Waals surface area contributed by atoms with E-state index in [1.54, 1.807) is 0 Å². The Morgan fingerprint density at radius 1 is 0.719 bits per heavy atom. The molecule has 1 unspecified atom stereocenters. The van der Waals surface area contributed by atoms with Crippen LogP contribution < -0.4 is 0 Å². The van der Waals surface area contributed by atoms with E-state index in [-0.39, 0.29) is 0 Å². The molecule has 5 aliphatic rings. The molecule has 10 atom stereocenters. The molecule has 0 saturated heterocycles. The molecule has 5 rings (SSSR count). The fourth-order valence-corrected chi connectivity index (χ4v) is 12.3. The number of hydrogen-bond acceptors (Lipinski definition) is 1. The van der Waals surface area contributed by atoms with Crippen LogP contribution in [0.15, 0.2) is 0 Å². The summed E-state index contributed by atoms with van der Waals surface area (Å²) in [5.41, 5.74) is 2.60. The van der Waals surface area contributed by atoms with Crippen molar-refractivity contribution in [1.29, 1.82) is 0 Å². The van der Waals surface area contributed by atoms with Crippen molar-refractivity contribution in [2.24, 2.45) is 62.6 Å². The summed E-state index contributed by atoms with van der Waals surface area (Å²) in [5, 5.41) is 0. The lowest BCUT2D eigenvalue weighted by Gasteiger charge is -2.73. The van der Waals surface area contributed by atoms with Crippen molar-refractivity contribution in [2.75, 3.05) is 0 Å². The standard InChI is InChI=1S/C31H52O/c1-21(14-20-32)22-11-17-28(4)23(22)12-18-30(6)25(28)9-10-26-29(5)16-8-15-27(2,3)24(29)13-19-31(26,30)7/h20-26H,8-19H2,1-7H3/t21?,22-,23+,24+,25-,26-,28+,29+,30-,31-/m1/s1. The van der Waals surface area contributed by atoms with Crippen LogP contribution in [0.5, 0.6) is 0 Å². The molecule has 5 aliphatic carbocycles. The van der Waals surface area contributed by atoms with Crippen LogP contribution in [0.4, 0.5) is 0 Å². The second kappa shape index (κ2) is 7.34. The lowest BCUT2D eigenvalue weighted by molar-refractivity contribution is -0.241. The van der Waals surface area contributed by atoms with Gasteiger partial charge in [-0.3, -0.25) is 0 Å². The van der Waals surface area contributed by atoms with Crippen LogP contribution >= 0.6 is 0 Å². The Balaban J connectivity index is 1.48. The maximum atomic E-state index is 11.3. The normalized spacial score (nSPS) is 55.2. The van der Waals surface area contributed by atoms with Gasteiger partial charge in [-0.2, -0.15) is 0 Å². The van der Waals surface area contributed by atoms with Gasteiger partial charge in [-0.05, 0) is 127 Å². The van der Waals surface area contributed by atoms with Crippen LogP contribution in [0.25, 0.3) is 0 Å². The van der Waals surface area contributed by atoms with Crippen LogP contribution in [0.3, 0.4) is 0 Å². The van der Waals surface area contributed by atoms with E-state index in [1.807, 2.05) is 0 Å². The molecule has 0 spiro atoms. The molecule has 0 amide bonds. The van der Waals surface area contributed by atoms with Gasteiger partial charge in [0.05, 0.1) is 0 Å². The van der Waals surface area contributed by atoms with Gasteiger partial charge in [-0.1, -0.05) is 54.9 Å². The smallest absolute Gasteiger partial charge is 0.120 e. The minimum absolute atomic E-state index is 0.500. The maximum Gasteiger partial charge on any atom is 0.120 e.